The van der Waals surface area contributed by atoms with Crippen molar-refractivity contribution in [2.24, 2.45) is 0 Å². The average Bonchev–Trinajstić information content (AvgIpc) is 3.16. The number of hydrogen-bond donors (Lipinski definition) is 2. The van der Waals surface area contributed by atoms with Crippen molar-refractivity contribution in [3.63, 3.8) is 0 Å². The molecule has 0 bridgehead atoms. The van der Waals surface area contributed by atoms with Crippen molar-refractivity contribution in [3.8, 4) is 0 Å². The van der Waals surface area contributed by atoms with Crippen LogP contribution in [0, 0.1) is 6.92 Å². The molecule has 0 unspecified atom stereocenters. The van der Waals surface area contributed by atoms with Crippen LogP contribution in [-0.4, -0.2) is 38.3 Å². The third-order valence-corrected chi connectivity index (χ3v) is 3.89. The number of H-pyrrole nitrogens is 1. The van der Waals surface area contributed by atoms with Crippen molar-refractivity contribution in [2.45, 2.75) is 45.4 Å². The van der Waals surface area contributed by atoms with Gasteiger partial charge in [-0.25, -0.2) is 4.98 Å². The summed E-state index contributed by atoms with van der Waals surface area (Å²) >= 11 is 0. The summed E-state index contributed by atoms with van der Waals surface area (Å²) in [6.07, 6.45) is 7.03. The van der Waals surface area contributed by atoms with E-state index in [1.807, 2.05) is 30.9 Å². The summed E-state index contributed by atoms with van der Waals surface area (Å²) in [7, 11) is 0. The Kier molecular flexibility index (Phi) is 4.24. The van der Waals surface area contributed by atoms with E-state index in [9.17, 15) is 4.79 Å². The summed E-state index contributed by atoms with van der Waals surface area (Å²) in [6, 6.07) is -0.0561. The molecule has 1 saturated heterocycles. The van der Waals surface area contributed by atoms with Crippen LogP contribution in [-0.2, 0) is 11.3 Å². The molecule has 1 amide bonds. The monoisotopic (exact) mass is 303 g/mol. The fourth-order valence-electron chi connectivity index (χ4n) is 2.74. The molecule has 0 aliphatic carbocycles. The van der Waals surface area contributed by atoms with E-state index < -0.39 is 0 Å². The first-order valence-electron chi connectivity index (χ1n) is 7.63. The van der Waals surface area contributed by atoms with Gasteiger partial charge in [0.2, 0.25) is 0 Å². The molecule has 1 fully saturated rings. The highest BCUT2D eigenvalue weighted by molar-refractivity contribution is 5.92. The van der Waals surface area contributed by atoms with Gasteiger partial charge in [0.1, 0.15) is 17.6 Å². The van der Waals surface area contributed by atoms with E-state index in [4.69, 9.17) is 4.74 Å². The Hall–Kier alpha value is -2.15. The summed E-state index contributed by atoms with van der Waals surface area (Å²) in [4.78, 5) is 19.3. The molecule has 3 heterocycles. The number of nitrogens with one attached hydrogen (secondary N) is 2. The van der Waals surface area contributed by atoms with Crippen molar-refractivity contribution < 1.29 is 9.53 Å². The van der Waals surface area contributed by atoms with Crippen LogP contribution in [0.5, 0.6) is 0 Å². The molecule has 1 aliphatic rings. The number of aromatic nitrogens is 4. The SMILES string of the molecule is CCn1cc([C@H]2OCCC[C@@H]2NC(=O)c2cnc(C)[nH]2)cn1. The highest BCUT2D eigenvalue weighted by atomic mass is 16.5. The predicted molar refractivity (Wildman–Crippen MR) is 80.4 cm³/mol. The van der Waals surface area contributed by atoms with E-state index in [1.54, 1.807) is 6.20 Å². The lowest BCUT2D eigenvalue weighted by Gasteiger charge is -2.31. The summed E-state index contributed by atoms with van der Waals surface area (Å²) in [5, 5.41) is 7.34. The predicted octanol–water partition coefficient (Wildman–Crippen LogP) is 1.58. The van der Waals surface area contributed by atoms with Gasteiger partial charge in [0.05, 0.1) is 18.4 Å². The number of aromatic amines is 1. The second-order valence-corrected chi connectivity index (χ2v) is 5.53. The van der Waals surface area contributed by atoms with Gasteiger partial charge < -0.3 is 15.0 Å². The highest BCUT2D eigenvalue weighted by Gasteiger charge is 2.30. The molecule has 3 rings (SSSR count). The number of carbonyl (C=O) groups is 1. The molecule has 0 spiro atoms. The normalized spacial score (nSPS) is 21.7. The van der Waals surface area contributed by atoms with Crippen molar-refractivity contribution in [1.82, 2.24) is 25.1 Å². The van der Waals surface area contributed by atoms with Gasteiger partial charge in [0, 0.05) is 24.9 Å². The van der Waals surface area contributed by atoms with Crippen molar-refractivity contribution in [1.29, 1.82) is 0 Å². The zero-order valence-electron chi connectivity index (χ0n) is 12.9. The molecule has 0 aromatic carbocycles. The second-order valence-electron chi connectivity index (χ2n) is 5.53. The van der Waals surface area contributed by atoms with Crippen molar-refractivity contribution in [2.75, 3.05) is 6.61 Å². The van der Waals surface area contributed by atoms with Gasteiger partial charge >= 0.3 is 0 Å². The Morgan fingerprint density at radius 2 is 2.41 bits per heavy atom. The number of aryl methyl sites for hydroxylation is 2. The first kappa shape index (κ1) is 14.8. The fraction of sp³-hybridized carbons (Fsp3) is 0.533. The molecule has 7 nitrogen and oxygen atoms in total. The van der Waals surface area contributed by atoms with Crippen LogP contribution in [0.3, 0.4) is 0 Å². The van der Waals surface area contributed by atoms with E-state index in [0.717, 1.165) is 30.8 Å². The molecule has 2 N–H and O–H groups in total. The summed E-state index contributed by atoms with van der Waals surface area (Å²) in [5.74, 6) is 0.579. The smallest absolute Gasteiger partial charge is 0.269 e. The Balaban J connectivity index is 1.73. The van der Waals surface area contributed by atoms with Crippen LogP contribution in [0.25, 0.3) is 0 Å². The number of hydrogen-bond acceptors (Lipinski definition) is 4. The first-order chi connectivity index (χ1) is 10.7. The largest absolute Gasteiger partial charge is 0.371 e. The summed E-state index contributed by atoms with van der Waals surface area (Å²) in [6.45, 7) is 5.38. The third-order valence-electron chi connectivity index (χ3n) is 3.89. The number of rotatable bonds is 4. The van der Waals surface area contributed by atoms with E-state index in [-0.39, 0.29) is 18.1 Å². The van der Waals surface area contributed by atoms with Crippen LogP contribution in [0.15, 0.2) is 18.6 Å². The molecule has 2 aromatic heterocycles. The first-order valence-corrected chi connectivity index (χ1v) is 7.63. The van der Waals surface area contributed by atoms with Crippen molar-refractivity contribution >= 4 is 5.91 Å². The van der Waals surface area contributed by atoms with Gasteiger partial charge in [-0.05, 0) is 26.7 Å². The van der Waals surface area contributed by atoms with Crippen LogP contribution >= 0.6 is 0 Å². The minimum absolute atomic E-state index is 0.0561. The Morgan fingerprint density at radius 3 is 3.09 bits per heavy atom. The molecule has 22 heavy (non-hydrogen) atoms. The van der Waals surface area contributed by atoms with E-state index >= 15 is 0 Å². The van der Waals surface area contributed by atoms with Gasteiger partial charge in [-0.2, -0.15) is 5.10 Å². The zero-order chi connectivity index (χ0) is 15.5. The zero-order valence-corrected chi connectivity index (χ0v) is 12.9. The van der Waals surface area contributed by atoms with Gasteiger partial charge in [-0.1, -0.05) is 0 Å². The Morgan fingerprint density at radius 1 is 1.55 bits per heavy atom. The summed E-state index contributed by atoms with van der Waals surface area (Å²) in [5.41, 5.74) is 1.48. The maximum absolute atomic E-state index is 12.3. The van der Waals surface area contributed by atoms with Crippen molar-refractivity contribution in [3.05, 3.63) is 35.7 Å². The minimum atomic E-state index is -0.151. The number of nitrogens with zero attached hydrogens (tertiary/aromatic N) is 3. The van der Waals surface area contributed by atoms with Crippen LogP contribution in [0.4, 0.5) is 0 Å². The van der Waals surface area contributed by atoms with E-state index in [0.29, 0.717) is 12.3 Å². The average molecular weight is 303 g/mol. The maximum Gasteiger partial charge on any atom is 0.269 e. The molecule has 1 aliphatic heterocycles. The topological polar surface area (TPSA) is 84.8 Å². The van der Waals surface area contributed by atoms with Crippen LogP contribution < -0.4 is 5.32 Å². The quantitative estimate of drug-likeness (QED) is 0.898. The number of ether oxygens (including phenoxy) is 1. The van der Waals surface area contributed by atoms with Gasteiger partial charge in [0.15, 0.2) is 0 Å². The van der Waals surface area contributed by atoms with Gasteiger partial charge in [-0.15, -0.1) is 0 Å². The Bertz CT molecular complexity index is 648. The van der Waals surface area contributed by atoms with Crippen LogP contribution in [0.1, 0.15) is 47.7 Å². The fourth-order valence-corrected chi connectivity index (χ4v) is 2.74. The maximum atomic E-state index is 12.3. The molecular weight excluding hydrogens is 282 g/mol. The standard InChI is InChI=1S/C15H21N5O2/c1-3-20-9-11(7-17-20)14-12(5-4-6-22-14)19-15(21)13-8-16-10(2)18-13/h7-9,12,14H,3-6H2,1-2H3,(H,16,18)(H,19,21)/t12-,14+/m0/s1. The van der Waals surface area contributed by atoms with Gasteiger partial charge in [-0.3, -0.25) is 9.48 Å². The number of amides is 1. The second kappa shape index (κ2) is 6.31. The molecule has 7 heteroatoms. The lowest BCUT2D eigenvalue weighted by atomic mass is 9.98. The molecule has 0 saturated carbocycles. The lowest BCUT2D eigenvalue weighted by molar-refractivity contribution is -0.00955. The molecule has 0 radical (unpaired) electrons. The molecule has 2 atom stereocenters. The molecule has 118 valence electrons. The number of imidazole rings is 1. The lowest BCUT2D eigenvalue weighted by Crippen LogP contribution is -2.42. The minimum Gasteiger partial charge on any atom is -0.371 e. The highest BCUT2D eigenvalue weighted by Crippen LogP contribution is 2.28. The molecule has 2 aromatic rings. The Labute approximate surface area is 129 Å². The molecular formula is C15H21N5O2. The van der Waals surface area contributed by atoms with Crippen LogP contribution in [0.2, 0.25) is 0 Å². The number of carbonyl (C=O) groups excluding carboxylic acids is 1. The van der Waals surface area contributed by atoms with E-state index in [2.05, 4.69) is 20.4 Å². The van der Waals surface area contributed by atoms with Gasteiger partial charge in [0.25, 0.3) is 5.91 Å². The van der Waals surface area contributed by atoms with E-state index in [1.165, 1.54) is 0 Å². The third kappa shape index (κ3) is 3.04. The summed E-state index contributed by atoms with van der Waals surface area (Å²) < 4.78 is 7.75.